The van der Waals surface area contributed by atoms with Crippen molar-refractivity contribution in [3.63, 3.8) is 0 Å². The van der Waals surface area contributed by atoms with Crippen LogP contribution in [-0.2, 0) is 4.79 Å². The lowest BCUT2D eigenvalue weighted by molar-refractivity contribution is -0.124. The summed E-state index contributed by atoms with van der Waals surface area (Å²) in [5.41, 5.74) is 1.21. The molecule has 2 rings (SSSR count). The molecule has 1 aromatic carbocycles. The zero-order chi connectivity index (χ0) is 16.7. The van der Waals surface area contributed by atoms with Gasteiger partial charge < -0.3 is 9.30 Å². The van der Waals surface area contributed by atoms with Gasteiger partial charge in [0.05, 0.1) is 11.6 Å². The van der Waals surface area contributed by atoms with Crippen LogP contribution in [-0.4, -0.2) is 32.4 Å². The minimum absolute atomic E-state index is 0.179. The third kappa shape index (κ3) is 3.11. The standard InChI is InChI=1S/C17H26BrNO2Si/c1-17(2,3)22(5,6)19-11-13(10-16(19)20)12-7-8-15(21-4)14(18)9-12/h7-9,13H,10-11H2,1-6H3. The largest absolute Gasteiger partial charge is 0.496 e. The van der Waals surface area contributed by atoms with Crippen molar-refractivity contribution in [1.82, 2.24) is 4.57 Å². The normalized spacial score (nSPS) is 19.7. The molecule has 0 aliphatic carbocycles. The Morgan fingerprint density at radius 3 is 2.45 bits per heavy atom. The van der Waals surface area contributed by atoms with E-state index in [-0.39, 0.29) is 11.0 Å². The zero-order valence-corrected chi connectivity index (χ0v) is 17.0. The Kier molecular flexibility index (Phi) is 4.79. The van der Waals surface area contributed by atoms with Gasteiger partial charge in [-0.25, -0.2) is 0 Å². The molecule has 0 spiro atoms. The van der Waals surface area contributed by atoms with Gasteiger partial charge in [0.25, 0.3) is 0 Å². The predicted molar refractivity (Wildman–Crippen MR) is 97.0 cm³/mol. The first-order chi connectivity index (χ1) is 10.1. The molecule has 22 heavy (non-hydrogen) atoms. The molecule has 1 aliphatic heterocycles. The number of hydrogen-bond donors (Lipinski definition) is 0. The van der Waals surface area contributed by atoms with Crippen molar-refractivity contribution in [2.24, 2.45) is 0 Å². The second-order valence-corrected chi connectivity index (χ2v) is 13.6. The Morgan fingerprint density at radius 2 is 1.95 bits per heavy atom. The van der Waals surface area contributed by atoms with E-state index in [0.29, 0.717) is 12.3 Å². The molecule has 1 aliphatic rings. The van der Waals surface area contributed by atoms with E-state index in [9.17, 15) is 4.79 Å². The molecular weight excluding hydrogens is 358 g/mol. The molecule has 0 aromatic heterocycles. The smallest absolute Gasteiger partial charge is 0.215 e. The maximum Gasteiger partial charge on any atom is 0.215 e. The number of carbonyl (C=O) groups excluding carboxylic acids is 1. The van der Waals surface area contributed by atoms with E-state index in [1.54, 1.807) is 7.11 Å². The van der Waals surface area contributed by atoms with Crippen molar-refractivity contribution in [1.29, 1.82) is 0 Å². The van der Waals surface area contributed by atoms with Crippen LogP contribution in [0.25, 0.3) is 0 Å². The Hall–Kier alpha value is -0.813. The molecule has 0 saturated carbocycles. The summed E-state index contributed by atoms with van der Waals surface area (Å²) < 4.78 is 8.43. The van der Waals surface area contributed by atoms with Gasteiger partial charge in [-0.1, -0.05) is 39.9 Å². The van der Waals surface area contributed by atoms with Gasteiger partial charge in [-0.05, 0) is 38.7 Å². The minimum atomic E-state index is -1.79. The Bertz CT molecular complexity index is 581. The molecule has 3 nitrogen and oxygen atoms in total. The summed E-state index contributed by atoms with van der Waals surface area (Å²) in [6.45, 7) is 12.2. The quantitative estimate of drug-likeness (QED) is 0.702. The third-order valence-electron chi connectivity index (χ3n) is 5.28. The van der Waals surface area contributed by atoms with Crippen LogP contribution in [0.4, 0.5) is 0 Å². The van der Waals surface area contributed by atoms with Gasteiger partial charge in [-0.3, -0.25) is 4.79 Å². The van der Waals surface area contributed by atoms with E-state index in [2.05, 4.69) is 66.5 Å². The highest BCUT2D eigenvalue weighted by atomic mass is 79.9. The molecule has 122 valence electrons. The Labute approximate surface area is 143 Å². The van der Waals surface area contributed by atoms with E-state index in [4.69, 9.17) is 4.74 Å². The highest BCUT2D eigenvalue weighted by Crippen LogP contribution is 2.43. The van der Waals surface area contributed by atoms with Crippen LogP contribution >= 0.6 is 15.9 Å². The molecule has 1 amide bonds. The second kappa shape index (κ2) is 6.00. The number of amides is 1. The van der Waals surface area contributed by atoms with Crippen LogP contribution in [0.1, 0.15) is 38.7 Å². The zero-order valence-electron chi connectivity index (χ0n) is 14.4. The van der Waals surface area contributed by atoms with E-state index in [1.165, 1.54) is 5.56 Å². The van der Waals surface area contributed by atoms with Crippen molar-refractivity contribution in [2.75, 3.05) is 13.7 Å². The second-order valence-electron chi connectivity index (χ2n) is 7.61. The van der Waals surface area contributed by atoms with Crippen LogP contribution in [0.5, 0.6) is 5.75 Å². The van der Waals surface area contributed by atoms with Crippen molar-refractivity contribution in [2.45, 2.75) is 51.2 Å². The topological polar surface area (TPSA) is 29.5 Å². The summed E-state index contributed by atoms with van der Waals surface area (Å²) >= 11 is 3.54. The number of hydrogen-bond acceptors (Lipinski definition) is 2. The van der Waals surface area contributed by atoms with Gasteiger partial charge in [0.15, 0.2) is 8.24 Å². The summed E-state index contributed by atoms with van der Waals surface area (Å²) in [4.78, 5) is 12.6. The van der Waals surface area contributed by atoms with Crippen molar-refractivity contribution in [3.05, 3.63) is 28.2 Å². The van der Waals surface area contributed by atoms with Crippen LogP contribution in [0.2, 0.25) is 18.1 Å². The number of benzene rings is 1. The van der Waals surface area contributed by atoms with Crippen LogP contribution < -0.4 is 4.74 Å². The van der Waals surface area contributed by atoms with Gasteiger partial charge in [0.1, 0.15) is 5.75 Å². The molecule has 0 N–H and O–H groups in total. The highest BCUT2D eigenvalue weighted by Gasteiger charge is 2.47. The lowest BCUT2D eigenvalue weighted by Gasteiger charge is -2.44. The maximum absolute atomic E-state index is 12.6. The summed E-state index contributed by atoms with van der Waals surface area (Å²) in [6, 6.07) is 6.14. The van der Waals surface area contributed by atoms with E-state index < -0.39 is 8.24 Å². The summed E-state index contributed by atoms with van der Waals surface area (Å²) in [7, 11) is -0.129. The number of ether oxygens (including phenoxy) is 1. The number of carbonyl (C=O) groups is 1. The van der Waals surface area contributed by atoms with Gasteiger partial charge >= 0.3 is 0 Å². The number of rotatable bonds is 3. The molecule has 1 heterocycles. The molecule has 1 fully saturated rings. The van der Waals surface area contributed by atoms with Crippen molar-refractivity contribution in [3.8, 4) is 5.75 Å². The summed E-state index contributed by atoms with van der Waals surface area (Å²) in [5.74, 6) is 1.42. The van der Waals surface area contributed by atoms with Crippen LogP contribution in [0, 0.1) is 0 Å². The fourth-order valence-electron chi connectivity index (χ4n) is 2.81. The first-order valence-electron chi connectivity index (χ1n) is 7.72. The molecule has 1 saturated heterocycles. The average Bonchev–Trinajstić information content (AvgIpc) is 2.80. The third-order valence-corrected chi connectivity index (χ3v) is 11.4. The molecule has 5 heteroatoms. The van der Waals surface area contributed by atoms with Crippen LogP contribution in [0.3, 0.4) is 0 Å². The maximum atomic E-state index is 12.6. The minimum Gasteiger partial charge on any atom is -0.496 e. The van der Waals surface area contributed by atoms with Gasteiger partial charge in [-0.15, -0.1) is 0 Å². The summed E-state index contributed by atoms with van der Waals surface area (Å²) in [5, 5.41) is 0.179. The molecule has 1 atom stereocenters. The number of methoxy groups -OCH3 is 1. The molecule has 1 unspecified atom stereocenters. The first-order valence-corrected chi connectivity index (χ1v) is 11.5. The van der Waals surface area contributed by atoms with Gasteiger partial charge in [0, 0.05) is 18.9 Å². The molecule has 1 aromatic rings. The summed E-state index contributed by atoms with van der Waals surface area (Å²) in [6.07, 6.45) is 0.616. The van der Waals surface area contributed by atoms with Gasteiger partial charge in [0.2, 0.25) is 5.91 Å². The van der Waals surface area contributed by atoms with Crippen LogP contribution in [0.15, 0.2) is 22.7 Å². The average molecular weight is 384 g/mol. The Morgan fingerprint density at radius 1 is 1.32 bits per heavy atom. The first kappa shape index (κ1) is 17.5. The highest BCUT2D eigenvalue weighted by molar-refractivity contribution is 9.10. The fourth-order valence-corrected chi connectivity index (χ4v) is 5.57. The van der Waals surface area contributed by atoms with E-state index in [0.717, 1.165) is 16.8 Å². The van der Waals surface area contributed by atoms with Crippen molar-refractivity contribution < 1.29 is 9.53 Å². The molecular formula is C17H26BrNO2Si. The lowest BCUT2D eigenvalue weighted by atomic mass is 9.98. The fraction of sp³-hybridized carbons (Fsp3) is 0.588. The molecule has 0 bridgehead atoms. The van der Waals surface area contributed by atoms with Gasteiger partial charge in [-0.2, -0.15) is 0 Å². The Balaban J connectivity index is 2.24. The number of nitrogens with zero attached hydrogens (tertiary/aromatic N) is 1. The lowest BCUT2D eigenvalue weighted by Crippen LogP contribution is -2.55. The van der Waals surface area contributed by atoms with Crippen molar-refractivity contribution >= 4 is 30.1 Å². The predicted octanol–water partition coefficient (Wildman–Crippen LogP) is 4.78. The SMILES string of the molecule is COc1ccc(C2CC(=O)N([Si](C)(C)C(C)(C)C)C2)cc1Br. The molecule has 0 radical (unpaired) electrons. The monoisotopic (exact) mass is 383 g/mol. The van der Waals surface area contributed by atoms with E-state index >= 15 is 0 Å². The van der Waals surface area contributed by atoms with E-state index in [1.807, 2.05) is 6.07 Å². The number of halogens is 1.